The number of imidazole rings is 1. The molecule has 2 aromatic rings. The summed E-state index contributed by atoms with van der Waals surface area (Å²) in [6, 6.07) is 8.17. The van der Waals surface area contributed by atoms with E-state index in [4.69, 9.17) is 0 Å². The van der Waals surface area contributed by atoms with Crippen LogP contribution in [0, 0.1) is 5.92 Å². The standard InChI is InChI=1S/C17H26N4/c1-13-7-6-10-17(11-13,21(2)3)12-18-16-19-14-8-4-5-9-15(14)20-16/h4-5,8-9,13H,6-7,10-12H2,1-3H3,(H2,18,19,20). The van der Waals surface area contributed by atoms with Crippen LogP contribution in [0.25, 0.3) is 11.0 Å². The summed E-state index contributed by atoms with van der Waals surface area (Å²) in [7, 11) is 4.41. The van der Waals surface area contributed by atoms with Gasteiger partial charge in [-0.2, -0.15) is 0 Å². The summed E-state index contributed by atoms with van der Waals surface area (Å²) < 4.78 is 0. The number of aromatic amines is 1. The number of likely N-dealkylation sites (N-methyl/N-ethyl adjacent to an activating group) is 1. The maximum Gasteiger partial charge on any atom is 0.201 e. The number of anilines is 1. The summed E-state index contributed by atoms with van der Waals surface area (Å²) in [5.41, 5.74) is 2.36. The van der Waals surface area contributed by atoms with Crippen LogP contribution < -0.4 is 5.32 Å². The molecule has 0 radical (unpaired) electrons. The Bertz CT molecular complexity index is 571. The van der Waals surface area contributed by atoms with Gasteiger partial charge in [0.25, 0.3) is 0 Å². The fourth-order valence-electron chi connectivity index (χ4n) is 3.64. The SMILES string of the molecule is CC1CCCC(CNc2nc3ccccc3[nH]2)(N(C)C)C1. The van der Waals surface area contributed by atoms with Gasteiger partial charge >= 0.3 is 0 Å². The van der Waals surface area contributed by atoms with Crippen molar-refractivity contribution in [2.24, 2.45) is 5.92 Å². The molecule has 1 aliphatic rings. The van der Waals surface area contributed by atoms with Crippen LogP contribution in [-0.2, 0) is 0 Å². The molecule has 1 heterocycles. The molecule has 0 spiro atoms. The van der Waals surface area contributed by atoms with Crippen molar-refractivity contribution in [2.75, 3.05) is 26.0 Å². The van der Waals surface area contributed by atoms with Gasteiger partial charge in [0.2, 0.25) is 5.95 Å². The predicted octanol–water partition coefficient (Wildman–Crippen LogP) is 3.49. The average Bonchev–Trinajstić information content (AvgIpc) is 2.88. The van der Waals surface area contributed by atoms with Gasteiger partial charge in [-0.15, -0.1) is 0 Å². The van der Waals surface area contributed by atoms with Crippen molar-refractivity contribution in [3.8, 4) is 0 Å². The number of nitrogens with zero attached hydrogens (tertiary/aromatic N) is 2. The van der Waals surface area contributed by atoms with Crippen LogP contribution in [0.1, 0.15) is 32.6 Å². The van der Waals surface area contributed by atoms with Crippen LogP contribution in [0.15, 0.2) is 24.3 Å². The molecule has 0 aliphatic heterocycles. The second kappa shape index (κ2) is 5.68. The van der Waals surface area contributed by atoms with Crippen molar-refractivity contribution in [1.82, 2.24) is 14.9 Å². The number of rotatable bonds is 4. The van der Waals surface area contributed by atoms with E-state index in [9.17, 15) is 0 Å². The molecule has 1 aromatic heterocycles. The number of aromatic nitrogens is 2. The molecule has 4 heteroatoms. The van der Waals surface area contributed by atoms with Crippen LogP contribution in [0.4, 0.5) is 5.95 Å². The van der Waals surface area contributed by atoms with Crippen LogP contribution in [-0.4, -0.2) is 41.0 Å². The number of nitrogens with one attached hydrogen (secondary N) is 2. The molecule has 2 unspecified atom stereocenters. The second-order valence-corrected chi connectivity index (χ2v) is 6.78. The molecular formula is C17H26N4. The molecule has 114 valence electrons. The number of benzene rings is 1. The van der Waals surface area contributed by atoms with E-state index in [0.717, 1.165) is 29.4 Å². The average molecular weight is 286 g/mol. The van der Waals surface area contributed by atoms with Gasteiger partial charge in [-0.05, 0) is 45.0 Å². The monoisotopic (exact) mass is 286 g/mol. The highest BCUT2D eigenvalue weighted by Crippen LogP contribution is 2.35. The Hall–Kier alpha value is -1.55. The quantitative estimate of drug-likeness (QED) is 0.904. The van der Waals surface area contributed by atoms with E-state index in [1.165, 1.54) is 25.7 Å². The largest absolute Gasteiger partial charge is 0.354 e. The molecule has 4 nitrogen and oxygen atoms in total. The lowest BCUT2D eigenvalue weighted by Gasteiger charge is -2.45. The lowest BCUT2D eigenvalue weighted by atomic mass is 9.75. The molecule has 1 aliphatic carbocycles. The van der Waals surface area contributed by atoms with Gasteiger partial charge in [-0.1, -0.05) is 31.9 Å². The third-order valence-corrected chi connectivity index (χ3v) is 4.99. The first-order valence-corrected chi connectivity index (χ1v) is 7.95. The minimum absolute atomic E-state index is 0.247. The Morgan fingerprint density at radius 1 is 1.38 bits per heavy atom. The maximum atomic E-state index is 4.62. The molecule has 3 rings (SSSR count). The fourth-order valence-corrected chi connectivity index (χ4v) is 3.64. The lowest BCUT2D eigenvalue weighted by Crippen LogP contribution is -2.52. The normalized spacial score (nSPS) is 26.4. The van der Waals surface area contributed by atoms with Gasteiger partial charge in [0.1, 0.15) is 0 Å². The first-order valence-electron chi connectivity index (χ1n) is 7.95. The summed E-state index contributed by atoms with van der Waals surface area (Å²) >= 11 is 0. The zero-order valence-corrected chi connectivity index (χ0v) is 13.3. The topological polar surface area (TPSA) is 44.0 Å². The van der Waals surface area contributed by atoms with Crippen molar-refractivity contribution >= 4 is 17.0 Å². The van der Waals surface area contributed by atoms with E-state index in [-0.39, 0.29) is 5.54 Å². The van der Waals surface area contributed by atoms with E-state index < -0.39 is 0 Å². The van der Waals surface area contributed by atoms with Crippen LogP contribution in [0.2, 0.25) is 0 Å². The Balaban J connectivity index is 1.74. The zero-order valence-electron chi connectivity index (χ0n) is 13.3. The highest BCUT2D eigenvalue weighted by molar-refractivity contribution is 5.77. The Morgan fingerprint density at radius 3 is 2.90 bits per heavy atom. The summed E-state index contributed by atoms with van der Waals surface area (Å²) in [4.78, 5) is 10.4. The number of fused-ring (bicyclic) bond motifs is 1. The first kappa shape index (κ1) is 14.4. The third kappa shape index (κ3) is 2.91. The minimum Gasteiger partial charge on any atom is -0.354 e. The molecule has 0 saturated heterocycles. The summed E-state index contributed by atoms with van der Waals surface area (Å²) in [5, 5.41) is 3.54. The van der Waals surface area contributed by atoms with Crippen molar-refractivity contribution in [3.05, 3.63) is 24.3 Å². The predicted molar refractivity (Wildman–Crippen MR) is 88.6 cm³/mol. The van der Waals surface area contributed by atoms with Crippen molar-refractivity contribution in [1.29, 1.82) is 0 Å². The molecule has 2 atom stereocenters. The molecule has 2 N–H and O–H groups in total. The molecule has 0 bridgehead atoms. The molecule has 1 saturated carbocycles. The van der Waals surface area contributed by atoms with Gasteiger partial charge in [0.05, 0.1) is 11.0 Å². The number of hydrogen-bond donors (Lipinski definition) is 2. The molecule has 1 aromatic carbocycles. The smallest absolute Gasteiger partial charge is 0.201 e. The fraction of sp³-hybridized carbons (Fsp3) is 0.588. The van der Waals surface area contributed by atoms with Crippen molar-refractivity contribution in [2.45, 2.75) is 38.1 Å². The molecule has 0 amide bonds. The van der Waals surface area contributed by atoms with E-state index in [1.807, 2.05) is 18.2 Å². The van der Waals surface area contributed by atoms with Crippen LogP contribution in [0.3, 0.4) is 0 Å². The van der Waals surface area contributed by atoms with Crippen LogP contribution >= 0.6 is 0 Å². The highest BCUT2D eigenvalue weighted by Gasteiger charge is 2.36. The van der Waals surface area contributed by atoms with Gasteiger partial charge in [0.15, 0.2) is 0 Å². The first-order chi connectivity index (χ1) is 10.1. The van der Waals surface area contributed by atoms with Crippen molar-refractivity contribution in [3.63, 3.8) is 0 Å². The molecule has 1 fully saturated rings. The van der Waals surface area contributed by atoms with Gasteiger partial charge in [-0.25, -0.2) is 4.98 Å². The minimum atomic E-state index is 0.247. The van der Waals surface area contributed by atoms with E-state index in [2.05, 4.69) is 47.3 Å². The van der Waals surface area contributed by atoms with Crippen LogP contribution in [0.5, 0.6) is 0 Å². The zero-order chi connectivity index (χ0) is 14.9. The Kier molecular flexibility index (Phi) is 3.89. The Morgan fingerprint density at radius 2 is 2.19 bits per heavy atom. The molecular weight excluding hydrogens is 260 g/mol. The maximum absolute atomic E-state index is 4.62. The summed E-state index contributed by atoms with van der Waals surface area (Å²) in [6.07, 6.45) is 5.20. The second-order valence-electron chi connectivity index (χ2n) is 6.78. The summed E-state index contributed by atoms with van der Waals surface area (Å²) in [6.45, 7) is 3.32. The number of para-hydroxylation sites is 2. The van der Waals surface area contributed by atoms with Gasteiger partial charge in [0, 0.05) is 12.1 Å². The van der Waals surface area contributed by atoms with E-state index in [0.29, 0.717) is 0 Å². The number of hydrogen-bond acceptors (Lipinski definition) is 3. The highest BCUT2D eigenvalue weighted by atomic mass is 15.2. The number of H-pyrrole nitrogens is 1. The van der Waals surface area contributed by atoms with Gasteiger partial charge in [-0.3, -0.25) is 0 Å². The summed E-state index contributed by atoms with van der Waals surface area (Å²) in [5.74, 6) is 1.69. The lowest BCUT2D eigenvalue weighted by molar-refractivity contribution is 0.0881. The van der Waals surface area contributed by atoms with E-state index >= 15 is 0 Å². The van der Waals surface area contributed by atoms with E-state index in [1.54, 1.807) is 0 Å². The third-order valence-electron chi connectivity index (χ3n) is 4.99. The molecule has 21 heavy (non-hydrogen) atoms. The Labute approximate surface area is 126 Å². The van der Waals surface area contributed by atoms with Gasteiger partial charge < -0.3 is 15.2 Å². The van der Waals surface area contributed by atoms with Crippen molar-refractivity contribution < 1.29 is 0 Å².